The van der Waals surface area contributed by atoms with Crippen molar-refractivity contribution < 1.29 is 14.2 Å². The largest absolute Gasteiger partial charge is 0.490 e. The fraction of sp³-hybridized carbons (Fsp3) is 0.368. The zero-order chi connectivity index (χ0) is 17.5. The van der Waals surface area contributed by atoms with Crippen LogP contribution in [-0.4, -0.2) is 32.4 Å². The van der Waals surface area contributed by atoms with Gasteiger partial charge in [-0.3, -0.25) is 0 Å². The Kier molecular flexibility index (Phi) is 5.98. The molecule has 2 aromatic carbocycles. The predicted octanol–water partition coefficient (Wildman–Crippen LogP) is 2.79. The third-order valence-electron chi connectivity index (χ3n) is 4.09. The molecule has 1 heterocycles. The average Bonchev–Trinajstić information content (AvgIpc) is 2.64. The van der Waals surface area contributed by atoms with Gasteiger partial charge in [0.15, 0.2) is 11.5 Å². The first-order valence-electron chi connectivity index (χ1n) is 8.58. The van der Waals surface area contributed by atoms with Gasteiger partial charge in [-0.05, 0) is 37.1 Å². The lowest BCUT2D eigenvalue weighted by molar-refractivity contribution is 0.0721. The fourth-order valence-corrected chi connectivity index (χ4v) is 2.71. The molecule has 0 bridgehead atoms. The summed E-state index contributed by atoms with van der Waals surface area (Å²) < 4.78 is 17.3. The van der Waals surface area contributed by atoms with E-state index in [1.165, 1.54) is 0 Å². The third kappa shape index (κ3) is 5.01. The molecule has 1 unspecified atom stereocenters. The lowest BCUT2D eigenvalue weighted by Gasteiger charge is -2.23. The molecule has 6 nitrogen and oxygen atoms in total. The maximum absolute atomic E-state index is 5.90. The lowest BCUT2D eigenvalue weighted by Crippen LogP contribution is -2.41. The summed E-state index contributed by atoms with van der Waals surface area (Å²) in [5, 5.41) is 3.44. The van der Waals surface area contributed by atoms with E-state index in [0.717, 1.165) is 32.6 Å². The second kappa shape index (κ2) is 8.60. The van der Waals surface area contributed by atoms with Crippen LogP contribution in [0.25, 0.3) is 0 Å². The van der Waals surface area contributed by atoms with Crippen molar-refractivity contribution in [2.75, 3.05) is 37.8 Å². The molecular formula is C19H25N3O3. The summed E-state index contributed by atoms with van der Waals surface area (Å²) in [4.78, 5) is 0. The average molecular weight is 343 g/mol. The van der Waals surface area contributed by atoms with E-state index < -0.39 is 0 Å². The van der Waals surface area contributed by atoms with E-state index in [9.17, 15) is 0 Å². The van der Waals surface area contributed by atoms with Crippen molar-refractivity contribution in [3.63, 3.8) is 0 Å². The summed E-state index contributed by atoms with van der Waals surface area (Å²) >= 11 is 0. The van der Waals surface area contributed by atoms with Crippen LogP contribution in [0.2, 0.25) is 0 Å². The van der Waals surface area contributed by atoms with Crippen molar-refractivity contribution in [1.82, 2.24) is 5.32 Å². The molecule has 25 heavy (non-hydrogen) atoms. The molecule has 1 saturated heterocycles. The zero-order valence-electron chi connectivity index (χ0n) is 14.2. The Balaban J connectivity index is 1.54. The molecule has 0 aromatic heterocycles. The van der Waals surface area contributed by atoms with Crippen molar-refractivity contribution in [3.05, 3.63) is 42.5 Å². The first kappa shape index (κ1) is 17.4. The highest BCUT2D eigenvalue weighted by Crippen LogP contribution is 2.33. The molecular weight excluding hydrogens is 318 g/mol. The maximum atomic E-state index is 5.90. The van der Waals surface area contributed by atoms with E-state index in [-0.39, 0.29) is 0 Å². The summed E-state index contributed by atoms with van der Waals surface area (Å²) in [6, 6.07) is 13.3. The van der Waals surface area contributed by atoms with Gasteiger partial charge in [-0.15, -0.1) is 0 Å². The van der Waals surface area contributed by atoms with Crippen LogP contribution in [0.15, 0.2) is 42.5 Å². The maximum Gasteiger partial charge on any atom is 0.169 e. The number of morpholine rings is 1. The summed E-state index contributed by atoms with van der Waals surface area (Å²) in [5.41, 5.74) is 12.6. The topological polar surface area (TPSA) is 91.8 Å². The minimum atomic E-state index is 0.418. The minimum absolute atomic E-state index is 0.418. The van der Waals surface area contributed by atoms with E-state index >= 15 is 0 Å². The SMILES string of the molecule is Nc1ccc(Oc2ccccc2OCCCC2COCCN2)cc1N. The van der Waals surface area contributed by atoms with Crippen molar-refractivity contribution in [2.24, 2.45) is 0 Å². The molecule has 0 aliphatic carbocycles. The number of ether oxygens (including phenoxy) is 3. The van der Waals surface area contributed by atoms with Crippen molar-refractivity contribution in [1.29, 1.82) is 0 Å². The van der Waals surface area contributed by atoms with Gasteiger partial charge in [0.25, 0.3) is 0 Å². The van der Waals surface area contributed by atoms with Crippen molar-refractivity contribution in [2.45, 2.75) is 18.9 Å². The first-order valence-corrected chi connectivity index (χ1v) is 8.58. The molecule has 0 amide bonds. The number of nitrogen functional groups attached to an aromatic ring is 2. The minimum Gasteiger partial charge on any atom is -0.490 e. The number of nitrogens with one attached hydrogen (secondary N) is 1. The number of nitrogens with two attached hydrogens (primary N) is 2. The third-order valence-corrected chi connectivity index (χ3v) is 4.09. The number of hydrogen-bond donors (Lipinski definition) is 3. The molecule has 5 N–H and O–H groups in total. The van der Waals surface area contributed by atoms with Crippen LogP contribution in [0.3, 0.4) is 0 Å². The predicted molar refractivity (Wildman–Crippen MR) is 99.1 cm³/mol. The van der Waals surface area contributed by atoms with Gasteiger partial charge in [0.2, 0.25) is 0 Å². The highest BCUT2D eigenvalue weighted by atomic mass is 16.5. The standard InChI is InChI=1S/C19H25N3O3/c20-16-8-7-15(12-17(16)21)25-19-6-2-1-5-18(19)24-10-3-4-14-13-23-11-9-22-14/h1-2,5-8,12,14,22H,3-4,9-11,13,20-21H2. The van der Waals surface area contributed by atoms with E-state index in [2.05, 4.69) is 5.32 Å². The zero-order valence-corrected chi connectivity index (χ0v) is 14.2. The molecule has 1 fully saturated rings. The summed E-state index contributed by atoms with van der Waals surface area (Å²) in [6.07, 6.45) is 1.97. The van der Waals surface area contributed by atoms with Gasteiger partial charge in [-0.1, -0.05) is 12.1 Å². The Hall–Kier alpha value is -2.44. The number of anilines is 2. The van der Waals surface area contributed by atoms with Gasteiger partial charge in [0.1, 0.15) is 5.75 Å². The van der Waals surface area contributed by atoms with Crippen LogP contribution in [0, 0.1) is 0 Å². The number of rotatable bonds is 7. The number of hydrogen-bond acceptors (Lipinski definition) is 6. The molecule has 6 heteroatoms. The second-order valence-corrected chi connectivity index (χ2v) is 6.06. The highest BCUT2D eigenvalue weighted by Gasteiger charge is 2.12. The van der Waals surface area contributed by atoms with Gasteiger partial charge < -0.3 is 31.0 Å². The van der Waals surface area contributed by atoms with Crippen LogP contribution in [-0.2, 0) is 4.74 Å². The van der Waals surface area contributed by atoms with Crippen molar-refractivity contribution in [3.8, 4) is 17.2 Å². The molecule has 0 saturated carbocycles. The van der Waals surface area contributed by atoms with Gasteiger partial charge in [0.05, 0.1) is 31.2 Å². The quantitative estimate of drug-likeness (QED) is 0.529. The first-order chi connectivity index (χ1) is 12.2. The normalized spacial score (nSPS) is 17.2. The van der Waals surface area contributed by atoms with Crippen molar-refractivity contribution >= 4 is 11.4 Å². The molecule has 1 aliphatic rings. The Labute approximate surface area is 148 Å². The Bertz CT molecular complexity index is 687. The van der Waals surface area contributed by atoms with Gasteiger partial charge in [-0.2, -0.15) is 0 Å². The Morgan fingerprint density at radius 2 is 1.92 bits per heavy atom. The Morgan fingerprint density at radius 1 is 1.08 bits per heavy atom. The van der Waals surface area contributed by atoms with E-state index in [4.69, 9.17) is 25.7 Å². The van der Waals surface area contributed by atoms with Gasteiger partial charge in [0, 0.05) is 18.7 Å². The smallest absolute Gasteiger partial charge is 0.169 e. The highest BCUT2D eigenvalue weighted by molar-refractivity contribution is 5.65. The van der Waals surface area contributed by atoms with Gasteiger partial charge >= 0.3 is 0 Å². The lowest BCUT2D eigenvalue weighted by atomic mass is 10.1. The molecule has 2 aromatic rings. The monoisotopic (exact) mass is 343 g/mol. The van der Waals surface area contributed by atoms with Crippen LogP contribution in [0.1, 0.15) is 12.8 Å². The van der Waals surface area contributed by atoms with E-state index in [0.29, 0.717) is 41.3 Å². The van der Waals surface area contributed by atoms with E-state index in [1.54, 1.807) is 18.2 Å². The summed E-state index contributed by atoms with van der Waals surface area (Å²) in [5.74, 6) is 2.00. The Morgan fingerprint density at radius 3 is 2.68 bits per heavy atom. The second-order valence-electron chi connectivity index (χ2n) is 6.06. The van der Waals surface area contributed by atoms with Crippen LogP contribution in [0.4, 0.5) is 11.4 Å². The summed E-state index contributed by atoms with van der Waals surface area (Å²) in [6.45, 7) is 3.13. The summed E-state index contributed by atoms with van der Waals surface area (Å²) in [7, 11) is 0. The molecule has 1 atom stereocenters. The molecule has 134 valence electrons. The van der Waals surface area contributed by atoms with Gasteiger partial charge in [-0.25, -0.2) is 0 Å². The fourth-order valence-electron chi connectivity index (χ4n) is 2.71. The van der Waals surface area contributed by atoms with Crippen LogP contribution < -0.4 is 26.3 Å². The number of para-hydroxylation sites is 2. The molecule has 1 aliphatic heterocycles. The van der Waals surface area contributed by atoms with Crippen LogP contribution in [0.5, 0.6) is 17.2 Å². The molecule has 0 spiro atoms. The van der Waals surface area contributed by atoms with E-state index in [1.807, 2.05) is 24.3 Å². The molecule has 0 radical (unpaired) electrons. The number of benzene rings is 2. The van der Waals surface area contributed by atoms with Crippen LogP contribution >= 0.6 is 0 Å². The molecule has 3 rings (SSSR count).